The number of halogens is 1. The van der Waals surface area contributed by atoms with Crippen molar-refractivity contribution in [2.45, 2.75) is 6.54 Å². The van der Waals surface area contributed by atoms with Crippen molar-refractivity contribution in [2.24, 2.45) is 5.73 Å². The maximum Gasteiger partial charge on any atom is 0.147 e. The standard InChI is InChI=1S/C13H14BrNO3/c1-16-11-6-4-9(13(17-2)12(11)14)10-5-3-8(7-15)18-10/h3-6H,7,15H2,1-2H3. The van der Waals surface area contributed by atoms with Crippen molar-refractivity contribution in [3.8, 4) is 22.8 Å². The van der Waals surface area contributed by atoms with Crippen molar-refractivity contribution in [1.29, 1.82) is 0 Å². The van der Waals surface area contributed by atoms with E-state index in [1.807, 2.05) is 24.3 Å². The third-order valence-electron chi connectivity index (χ3n) is 2.61. The van der Waals surface area contributed by atoms with Gasteiger partial charge in [0.15, 0.2) is 0 Å². The van der Waals surface area contributed by atoms with Gasteiger partial charge < -0.3 is 19.6 Å². The Morgan fingerprint density at radius 3 is 2.50 bits per heavy atom. The lowest BCUT2D eigenvalue weighted by Gasteiger charge is -2.11. The molecule has 0 atom stereocenters. The van der Waals surface area contributed by atoms with Crippen LogP contribution < -0.4 is 15.2 Å². The van der Waals surface area contributed by atoms with E-state index < -0.39 is 0 Å². The molecule has 18 heavy (non-hydrogen) atoms. The quantitative estimate of drug-likeness (QED) is 0.942. The highest BCUT2D eigenvalue weighted by Crippen LogP contribution is 2.42. The molecule has 96 valence electrons. The van der Waals surface area contributed by atoms with Crippen molar-refractivity contribution >= 4 is 15.9 Å². The molecule has 0 aliphatic heterocycles. The van der Waals surface area contributed by atoms with E-state index >= 15 is 0 Å². The lowest BCUT2D eigenvalue weighted by molar-refractivity contribution is 0.389. The second kappa shape index (κ2) is 5.46. The Morgan fingerprint density at radius 1 is 1.17 bits per heavy atom. The Morgan fingerprint density at radius 2 is 1.94 bits per heavy atom. The summed E-state index contributed by atoms with van der Waals surface area (Å²) in [5.74, 6) is 2.84. The Kier molecular flexibility index (Phi) is 3.93. The van der Waals surface area contributed by atoms with E-state index in [2.05, 4.69) is 15.9 Å². The molecule has 2 aromatic rings. The summed E-state index contributed by atoms with van der Waals surface area (Å²) >= 11 is 3.46. The van der Waals surface area contributed by atoms with E-state index in [0.29, 0.717) is 18.0 Å². The van der Waals surface area contributed by atoms with Crippen LogP contribution >= 0.6 is 15.9 Å². The van der Waals surface area contributed by atoms with Crippen LogP contribution in [0.5, 0.6) is 11.5 Å². The van der Waals surface area contributed by atoms with Gasteiger partial charge in [0, 0.05) is 0 Å². The maximum absolute atomic E-state index is 5.62. The molecule has 2 N–H and O–H groups in total. The maximum atomic E-state index is 5.62. The van der Waals surface area contributed by atoms with Gasteiger partial charge in [-0.25, -0.2) is 0 Å². The fourth-order valence-corrected chi connectivity index (χ4v) is 2.39. The normalized spacial score (nSPS) is 10.4. The van der Waals surface area contributed by atoms with Crippen LogP contribution in [0.2, 0.25) is 0 Å². The lowest BCUT2D eigenvalue weighted by Crippen LogP contribution is -1.93. The fraction of sp³-hybridized carbons (Fsp3) is 0.231. The zero-order valence-corrected chi connectivity index (χ0v) is 11.8. The van der Waals surface area contributed by atoms with E-state index in [-0.39, 0.29) is 0 Å². The molecule has 0 bridgehead atoms. The summed E-state index contributed by atoms with van der Waals surface area (Å²) in [6, 6.07) is 7.47. The highest BCUT2D eigenvalue weighted by Gasteiger charge is 2.16. The number of nitrogens with two attached hydrogens (primary N) is 1. The number of benzene rings is 1. The molecule has 1 heterocycles. The number of furan rings is 1. The van der Waals surface area contributed by atoms with Crippen molar-refractivity contribution in [3.05, 3.63) is 34.5 Å². The highest BCUT2D eigenvalue weighted by molar-refractivity contribution is 9.10. The Bertz CT molecular complexity index is 551. The van der Waals surface area contributed by atoms with E-state index in [1.165, 1.54) is 0 Å². The van der Waals surface area contributed by atoms with Gasteiger partial charge in [-0.3, -0.25) is 0 Å². The van der Waals surface area contributed by atoms with E-state index in [0.717, 1.165) is 21.6 Å². The van der Waals surface area contributed by atoms with Gasteiger partial charge in [0.2, 0.25) is 0 Å². The van der Waals surface area contributed by atoms with Gasteiger partial charge in [-0.05, 0) is 40.2 Å². The second-order valence-electron chi connectivity index (χ2n) is 3.63. The highest BCUT2D eigenvalue weighted by atomic mass is 79.9. The molecule has 0 saturated carbocycles. The number of hydrogen-bond acceptors (Lipinski definition) is 4. The molecule has 0 radical (unpaired) electrons. The minimum atomic E-state index is 0.375. The lowest BCUT2D eigenvalue weighted by atomic mass is 10.1. The van der Waals surface area contributed by atoms with E-state index in [1.54, 1.807) is 14.2 Å². The van der Waals surface area contributed by atoms with E-state index in [4.69, 9.17) is 19.6 Å². The molecule has 4 nitrogen and oxygen atoms in total. The summed E-state index contributed by atoms with van der Waals surface area (Å²) in [5, 5.41) is 0. The predicted molar refractivity (Wildman–Crippen MR) is 72.8 cm³/mol. The third-order valence-corrected chi connectivity index (χ3v) is 3.36. The number of rotatable bonds is 4. The molecule has 0 aliphatic carbocycles. The topological polar surface area (TPSA) is 57.6 Å². The number of ether oxygens (including phenoxy) is 2. The van der Waals surface area contributed by atoms with Crippen molar-refractivity contribution in [3.63, 3.8) is 0 Å². The molecule has 0 saturated heterocycles. The van der Waals surface area contributed by atoms with Gasteiger partial charge in [-0.2, -0.15) is 0 Å². The molecule has 0 amide bonds. The van der Waals surface area contributed by atoms with Crippen LogP contribution in [-0.4, -0.2) is 14.2 Å². The first-order chi connectivity index (χ1) is 8.71. The molecular weight excluding hydrogens is 298 g/mol. The van der Waals surface area contributed by atoms with Gasteiger partial charge in [-0.1, -0.05) is 0 Å². The minimum absolute atomic E-state index is 0.375. The average Bonchev–Trinajstić information content (AvgIpc) is 2.87. The minimum Gasteiger partial charge on any atom is -0.495 e. The Hall–Kier alpha value is -1.46. The van der Waals surface area contributed by atoms with Gasteiger partial charge in [-0.15, -0.1) is 0 Å². The number of methoxy groups -OCH3 is 2. The molecule has 0 fully saturated rings. The van der Waals surface area contributed by atoms with Crippen molar-refractivity contribution in [2.75, 3.05) is 14.2 Å². The van der Waals surface area contributed by atoms with Gasteiger partial charge >= 0.3 is 0 Å². The molecule has 0 unspecified atom stereocenters. The summed E-state index contributed by atoms with van der Waals surface area (Å²) < 4.78 is 17.0. The monoisotopic (exact) mass is 311 g/mol. The Balaban J connectivity index is 2.53. The molecule has 0 aliphatic rings. The first-order valence-electron chi connectivity index (χ1n) is 5.41. The third kappa shape index (κ3) is 2.23. The van der Waals surface area contributed by atoms with Crippen LogP contribution in [0.1, 0.15) is 5.76 Å². The van der Waals surface area contributed by atoms with Gasteiger partial charge in [0.05, 0.1) is 26.3 Å². The van der Waals surface area contributed by atoms with Gasteiger partial charge in [0.1, 0.15) is 27.5 Å². The summed E-state index contributed by atoms with van der Waals surface area (Å²) in [6.45, 7) is 0.375. The largest absolute Gasteiger partial charge is 0.495 e. The van der Waals surface area contributed by atoms with Crippen LogP contribution in [0.4, 0.5) is 0 Å². The van der Waals surface area contributed by atoms with Crippen LogP contribution in [0.3, 0.4) is 0 Å². The van der Waals surface area contributed by atoms with Crippen LogP contribution in [0, 0.1) is 0 Å². The molecule has 0 spiro atoms. The predicted octanol–water partition coefficient (Wildman–Crippen LogP) is 3.19. The van der Waals surface area contributed by atoms with Crippen molar-refractivity contribution < 1.29 is 13.9 Å². The van der Waals surface area contributed by atoms with E-state index in [9.17, 15) is 0 Å². The summed E-state index contributed by atoms with van der Waals surface area (Å²) in [7, 11) is 3.22. The first kappa shape index (κ1) is 13.0. The summed E-state index contributed by atoms with van der Waals surface area (Å²) in [4.78, 5) is 0. The molecular formula is C13H14BrNO3. The van der Waals surface area contributed by atoms with Crippen LogP contribution in [-0.2, 0) is 6.54 Å². The summed E-state index contributed by atoms with van der Waals surface area (Å²) in [6.07, 6.45) is 0. The Labute approximate surface area is 114 Å². The zero-order chi connectivity index (χ0) is 13.1. The molecule has 2 rings (SSSR count). The SMILES string of the molecule is COc1ccc(-c2ccc(CN)o2)c(OC)c1Br. The first-order valence-corrected chi connectivity index (χ1v) is 6.20. The van der Waals surface area contributed by atoms with Gasteiger partial charge in [0.25, 0.3) is 0 Å². The second-order valence-corrected chi connectivity index (χ2v) is 4.43. The summed E-state index contributed by atoms with van der Waals surface area (Å²) in [5.41, 5.74) is 6.38. The fourth-order valence-electron chi connectivity index (χ4n) is 1.72. The smallest absolute Gasteiger partial charge is 0.147 e. The zero-order valence-electron chi connectivity index (χ0n) is 10.2. The molecule has 1 aromatic heterocycles. The molecule has 5 heteroatoms. The average molecular weight is 312 g/mol. The molecule has 1 aromatic carbocycles. The van der Waals surface area contributed by atoms with Crippen LogP contribution in [0.25, 0.3) is 11.3 Å². The number of hydrogen-bond donors (Lipinski definition) is 1. The van der Waals surface area contributed by atoms with Crippen molar-refractivity contribution in [1.82, 2.24) is 0 Å². The van der Waals surface area contributed by atoms with Crippen LogP contribution in [0.15, 0.2) is 33.2 Å².